The zero-order chi connectivity index (χ0) is 19.0. The van der Waals surface area contributed by atoms with E-state index in [1.54, 1.807) is 0 Å². The molecule has 2 aliphatic heterocycles. The highest BCUT2D eigenvalue weighted by Crippen LogP contribution is 2.24. The number of hydrogen-bond acceptors (Lipinski definition) is 3. The van der Waals surface area contributed by atoms with E-state index < -0.39 is 0 Å². The van der Waals surface area contributed by atoms with Gasteiger partial charge in [-0.05, 0) is 71.9 Å². The van der Waals surface area contributed by atoms with Crippen LogP contribution in [0.25, 0.3) is 0 Å². The highest BCUT2D eigenvalue weighted by molar-refractivity contribution is 5.80. The number of hydrogen-bond donors (Lipinski definition) is 2. The van der Waals surface area contributed by atoms with E-state index in [1.165, 1.54) is 64.8 Å². The van der Waals surface area contributed by atoms with Gasteiger partial charge in [0.15, 0.2) is 5.96 Å². The molecule has 2 saturated heterocycles. The van der Waals surface area contributed by atoms with E-state index in [1.807, 2.05) is 0 Å². The van der Waals surface area contributed by atoms with Crippen LogP contribution in [0.15, 0.2) is 4.99 Å². The second kappa shape index (κ2) is 10.5. The van der Waals surface area contributed by atoms with Gasteiger partial charge < -0.3 is 15.5 Å². The Bertz CT molecular complexity index is 426. The Balaban J connectivity index is 1.87. The fraction of sp³-hybridized carbons (Fsp3) is 0.952. The zero-order valence-corrected chi connectivity index (χ0v) is 18.0. The molecule has 0 saturated carbocycles. The number of rotatable bonds is 7. The first-order chi connectivity index (χ1) is 12.4. The first-order valence-corrected chi connectivity index (χ1v) is 11.0. The lowest BCUT2D eigenvalue weighted by Crippen LogP contribution is -2.52. The predicted octanol–water partition coefficient (Wildman–Crippen LogP) is 2.93. The van der Waals surface area contributed by atoms with E-state index in [9.17, 15) is 0 Å². The van der Waals surface area contributed by atoms with Gasteiger partial charge in [0.05, 0.1) is 6.54 Å². The van der Waals surface area contributed by atoms with E-state index in [0.717, 1.165) is 25.0 Å². The number of nitrogens with one attached hydrogen (secondary N) is 2. The van der Waals surface area contributed by atoms with Crippen molar-refractivity contribution in [1.29, 1.82) is 0 Å². The predicted molar refractivity (Wildman–Crippen MR) is 113 cm³/mol. The summed E-state index contributed by atoms with van der Waals surface area (Å²) >= 11 is 0. The van der Waals surface area contributed by atoms with Crippen LogP contribution in [0.4, 0.5) is 0 Å². The average Bonchev–Trinajstić information content (AvgIpc) is 2.62. The average molecular weight is 366 g/mol. The van der Waals surface area contributed by atoms with Crippen molar-refractivity contribution in [3.05, 3.63) is 0 Å². The Hall–Kier alpha value is -0.810. The topological polar surface area (TPSA) is 42.9 Å². The van der Waals surface area contributed by atoms with Crippen LogP contribution >= 0.6 is 0 Å². The number of nitrogens with zero attached hydrogens (tertiary/aromatic N) is 3. The van der Waals surface area contributed by atoms with Crippen molar-refractivity contribution in [2.75, 3.05) is 45.8 Å². The normalized spacial score (nSPS) is 24.7. The van der Waals surface area contributed by atoms with Gasteiger partial charge in [0, 0.05) is 37.8 Å². The minimum absolute atomic E-state index is 0.127. The maximum atomic E-state index is 4.97. The lowest BCUT2D eigenvalue weighted by molar-refractivity contribution is 0.0774. The van der Waals surface area contributed by atoms with Crippen molar-refractivity contribution in [3.8, 4) is 0 Å². The van der Waals surface area contributed by atoms with E-state index in [-0.39, 0.29) is 5.54 Å². The van der Waals surface area contributed by atoms with Crippen LogP contribution in [-0.2, 0) is 0 Å². The van der Waals surface area contributed by atoms with Crippen LogP contribution in [0.3, 0.4) is 0 Å². The molecule has 0 aliphatic carbocycles. The lowest BCUT2D eigenvalue weighted by atomic mass is 9.94. The molecule has 2 N–H and O–H groups in total. The molecule has 26 heavy (non-hydrogen) atoms. The first kappa shape index (κ1) is 21.5. The van der Waals surface area contributed by atoms with Gasteiger partial charge >= 0.3 is 0 Å². The Morgan fingerprint density at radius 2 is 1.85 bits per heavy atom. The summed E-state index contributed by atoms with van der Waals surface area (Å²) in [5, 5.41) is 7.15. The third-order valence-corrected chi connectivity index (χ3v) is 5.95. The minimum atomic E-state index is 0.127. The Labute approximate surface area is 162 Å². The maximum absolute atomic E-state index is 4.97. The van der Waals surface area contributed by atoms with Crippen LogP contribution in [0, 0.1) is 5.92 Å². The van der Waals surface area contributed by atoms with Crippen molar-refractivity contribution >= 4 is 5.96 Å². The third kappa shape index (κ3) is 6.73. The van der Waals surface area contributed by atoms with Gasteiger partial charge in [-0.25, -0.2) is 0 Å². The molecule has 1 atom stereocenters. The number of guanidine groups is 1. The van der Waals surface area contributed by atoms with E-state index >= 15 is 0 Å². The highest BCUT2D eigenvalue weighted by atomic mass is 15.2. The molecular weight excluding hydrogens is 322 g/mol. The molecular formula is C21H43N5. The van der Waals surface area contributed by atoms with Gasteiger partial charge in [-0.2, -0.15) is 0 Å². The lowest BCUT2D eigenvalue weighted by Gasteiger charge is -2.42. The minimum Gasteiger partial charge on any atom is -0.357 e. The maximum Gasteiger partial charge on any atom is 0.191 e. The standard InChI is InChI=1S/C21H43N5/c1-6-12-25-14-10-19(11-15-25)24-20(22-7-2)23-17-21(4,5)26-13-8-9-18(3)16-26/h18-19H,6-17H2,1-5H3,(H2,22,23,24). The SMILES string of the molecule is CCCN1CCC(NC(=NCC(C)(C)N2CCCC(C)C2)NCC)CC1. The number of likely N-dealkylation sites (tertiary alicyclic amines) is 2. The molecule has 5 nitrogen and oxygen atoms in total. The van der Waals surface area contributed by atoms with Gasteiger partial charge in [0.25, 0.3) is 0 Å². The molecule has 2 rings (SSSR count). The molecule has 2 heterocycles. The summed E-state index contributed by atoms with van der Waals surface area (Å²) in [7, 11) is 0. The quantitative estimate of drug-likeness (QED) is 0.538. The number of piperidine rings is 2. The molecule has 5 heteroatoms. The highest BCUT2D eigenvalue weighted by Gasteiger charge is 2.30. The molecule has 2 fully saturated rings. The summed E-state index contributed by atoms with van der Waals surface area (Å²) < 4.78 is 0. The summed E-state index contributed by atoms with van der Waals surface area (Å²) in [6.07, 6.45) is 6.39. The Morgan fingerprint density at radius 1 is 1.12 bits per heavy atom. The molecule has 0 aromatic carbocycles. The smallest absolute Gasteiger partial charge is 0.191 e. The molecule has 1 unspecified atom stereocenters. The largest absolute Gasteiger partial charge is 0.357 e. The fourth-order valence-corrected chi connectivity index (χ4v) is 4.24. The summed E-state index contributed by atoms with van der Waals surface area (Å²) in [6, 6.07) is 0.555. The van der Waals surface area contributed by atoms with Crippen molar-refractivity contribution in [2.24, 2.45) is 10.9 Å². The van der Waals surface area contributed by atoms with Gasteiger partial charge in [-0.15, -0.1) is 0 Å². The molecule has 0 aromatic heterocycles. The van der Waals surface area contributed by atoms with Crippen molar-refractivity contribution in [3.63, 3.8) is 0 Å². The second-order valence-corrected chi connectivity index (χ2v) is 8.96. The van der Waals surface area contributed by atoms with Gasteiger partial charge in [-0.1, -0.05) is 13.8 Å². The summed E-state index contributed by atoms with van der Waals surface area (Å²) in [5.74, 6) is 1.81. The van der Waals surface area contributed by atoms with E-state index in [4.69, 9.17) is 4.99 Å². The molecule has 2 aliphatic rings. The molecule has 152 valence electrons. The van der Waals surface area contributed by atoms with Crippen LogP contribution in [0.1, 0.15) is 66.7 Å². The van der Waals surface area contributed by atoms with Crippen LogP contribution < -0.4 is 10.6 Å². The van der Waals surface area contributed by atoms with E-state index in [2.05, 4.69) is 55.1 Å². The summed E-state index contributed by atoms with van der Waals surface area (Å²) in [4.78, 5) is 10.2. The van der Waals surface area contributed by atoms with Gasteiger partial charge in [0.2, 0.25) is 0 Å². The zero-order valence-electron chi connectivity index (χ0n) is 18.0. The van der Waals surface area contributed by atoms with Crippen molar-refractivity contribution < 1.29 is 0 Å². The second-order valence-electron chi connectivity index (χ2n) is 8.96. The summed E-state index contributed by atoms with van der Waals surface area (Å²) in [5.41, 5.74) is 0.127. The van der Waals surface area contributed by atoms with E-state index in [0.29, 0.717) is 6.04 Å². The first-order valence-electron chi connectivity index (χ1n) is 11.0. The van der Waals surface area contributed by atoms with Crippen LogP contribution in [0.5, 0.6) is 0 Å². The monoisotopic (exact) mass is 365 g/mol. The Kier molecular flexibility index (Phi) is 8.68. The van der Waals surface area contributed by atoms with Crippen LogP contribution in [-0.4, -0.2) is 73.2 Å². The molecule has 0 amide bonds. The summed E-state index contributed by atoms with van der Waals surface area (Å²) in [6.45, 7) is 19.3. The fourth-order valence-electron chi connectivity index (χ4n) is 4.24. The third-order valence-electron chi connectivity index (χ3n) is 5.95. The molecule has 0 radical (unpaired) electrons. The number of aliphatic imine (C=N–C) groups is 1. The molecule has 0 bridgehead atoms. The van der Waals surface area contributed by atoms with Crippen LogP contribution in [0.2, 0.25) is 0 Å². The van der Waals surface area contributed by atoms with Gasteiger partial charge in [-0.3, -0.25) is 9.89 Å². The van der Waals surface area contributed by atoms with Crippen molar-refractivity contribution in [2.45, 2.75) is 78.3 Å². The van der Waals surface area contributed by atoms with Crippen molar-refractivity contribution in [1.82, 2.24) is 20.4 Å². The Morgan fingerprint density at radius 3 is 2.46 bits per heavy atom. The molecule has 0 spiro atoms. The molecule has 0 aromatic rings. The van der Waals surface area contributed by atoms with Gasteiger partial charge in [0.1, 0.15) is 0 Å².